The first-order chi connectivity index (χ1) is 19.7. The number of sulfonamides is 1. The molecule has 4 rings (SSSR count). The zero-order valence-corrected chi connectivity index (χ0v) is 24.9. The fraction of sp³-hybridized carbons (Fsp3) is 0.355. The van der Waals surface area contributed by atoms with Gasteiger partial charge in [-0.05, 0) is 67.8 Å². The Kier molecular flexibility index (Phi) is 10.3. The van der Waals surface area contributed by atoms with Crippen molar-refractivity contribution >= 4 is 39.1 Å². The smallest absolute Gasteiger partial charge is 0.264 e. The van der Waals surface area contributed by atoms with Crippen molar-refractivity contribution in [1.29, 1.82) is 0 Å². The van der Waals surface area contributed by atoms with Crippen LogP contribution in [0.5, 0.6) is 5.75 Å². The lowest BCUT2D eigenvalue weighted by Crippen LogP contribution is -2.53. The summed E-state index contributed by atoms with van der Waals surface area (Å²) >= 11 is 6.23. The quantitative estimate of drug-likeness (QED) is 0.319. The van der Waals surface area contributed by atoms with E-state index in [0.717, 1.165) is 42.0 Å². The van der Waals surface area contributed by atoms with E-state index < -0.39 is 28.5 Å². The highest BCUT2D eigenvalue weighted by atomic mass is 35.5. The van der Waals surface area contributed by atoms with E-state index in [2.05, 4.69) is 5.32 Å². The summed E-state index contributed by atoms with van der Waals surface area (Å²) in [5.41, 5.74) is 1.06. The molecular formula is C31H36ClN3O5S. The largest absolute Gasteiger partial charge is 0.497 e. The number of rotatable bonds is 11. The first kappa shape index (κ1) is 30.4. The van der Waals surface area contributed by atoms with Crippen molar-refractivity contribution in [2.45, 2.75) is 62.6 Å². The van der Waals surface area contributed by atoms with E-state index >= 15 is 0 Å². The second kappa shape index (κ2) is 13.9. The molecule has 0 bridgehead atoms. The van der Waals surface area contributed by atoms with E-state index in [4.69, 9.17) is 16.3 Å². The molecule has 1 atom stereocenters. The van der Waals surface area contributed by atoms with Gasteiger partial charge in [0.1, 0.15) is 18.3 Å². The number of amides is 2. The Balaban J connectivity index is 1.66. The van der Waals surface area contributed by atoms with Gasteiger partial charge in [0.15, 0.2) is 0 Å². The maximum Gasteiger partial charge on any atom is 0.264 e. The van der Waals surface area contributed by atoms with Crippen LogP contribution in [0, 0.1) is 0 Å². The molecule has 3 aromatic rings. The summed E-state index contributed by atoms with van der Waals surface area (Å²) in [5.74, 6) is -0.271. The van der Waals surface area contributed by atoms with Gasteiger partial charge in [0.2, 0.25) is 11.8 Å². The van der Waals surface area contributed by atoms with Crippen molar-refractivity contribution in [2.24, 2.45) is 0 Å². The number of anilines is 1. The molecule has 8 nitrogen and oxygen atoms in total. The number of benzene rings is 3. The first-order valence-corrected chi connectivity index (χ1v) is 15.6. The van der Waals surface area contributed by atoms with E-state index in [1.54, 1.807) is 37.3 Å². The van der Waals surface area contributed by atoms with Gasteiger partial charge in [-0.1, -0.05) is 67.3 Å². The van der Waals surface area contributed by atoms with Crippen LogP contribution < -0.4 is 14.4 Å². The molecule has 1 aliphatic rings. The highest BCUT2D eigenvalue weighted by molar-refractivity contribution is 7.92. The van der Waals surface area contributed by atoms with Crippen molar-refractivity contribution in [1.82, 2.24) is 10.2 Å². The second-order valence-electron chi connectivity index (χ2n) is 10.2. The molecule has 1 aliphatic carbocycles. The molecule has 218 valence electrons. The first-order valence-electron chi connectivity index (χ1n) is 13.7. The van der Waals surface area contributed by atoms with Crippen LogP contribution in [0.1, 0.15) is 44.6 Å². The Labute approximate surface area is 247 Å². The summed E-state index contributed by atoms with van der Waals surface area (Å²) < 4.78 is 34.0. The molecule has 3 aromatic carbocycles. The average Bonchev–Trinajstić information content (AvgIpc) is 2.99. The van der Waals surface area contributed by atoms with Crippen molar-refractivity contribution in [3.63, 3.8) is 0 Å². The highest BCUT2D eigenvalue weighted by Crippen LogP contribution is 2.28. The van der Waals surface area contributed by atoms with Crippen molar-refractivity contribution < 1.29 is 22.7 Å². The zero-order chi connectivity index (χ0) is 29.4. The number of ether oxygens (including phenoxy) is 1. The Bertz CT molecular complexity index is 1430. The van der Waals surface area contributed by atoms with Gasteiger partial charge < -0.3 is 15.0 Å². The van der Waals surface area contributed by atoms with Crippen molar-refractivity contribution in [3.8, 4) is 5.75 Å². The SMILES string of the molecule is COc1ccc(S(=O)(=O)N(CC(=O)N(Cc2ccccc2)[C@H](C)C(=O)NC2CCCCC2)c2cccc(Cl)c2)cc1. The summed E-state index contributed by atoms with van der Waals surface area (Å²) in [5, 5.41) is 3.43. The number of nitrogens with zero attached hydrogens (tertiary/aromatic N) is 2. The standard InChI is InChI=1S/C31H36ClN3O5S/c1-23(31(37)33-26-13-7-4-8-14-26)34(21-24-10-5-3-6-11-24)30(36)22-35(27-15-9-12-25(32)20-27)41(38,39)29-18-16-28(40-2)17-19-29/h3,5-6,9-12,15-20,23,26H,4,7-8,13-14,21-22H2,1-2H3,(H,33,37)/t23-/m1/s1. The lowest BCUT2D eigenvalue weighted by Gasteiger charge is -2.33. The number of methoxy groups -OCH3 is 1. The van der Waals surface area contributed by atoms with Crippen LogP contribution in [-0.2, 0) is 26.2 Å². The highest BCUT2D eigenvalue weighted by Gasteiger charge is 2.33. The molecule has 10 heteroatoms. The van der Waals surface area contributed by atoms with Crippen molar-refractivity contribution in [3.05, 3.63) is 89.4 Å². The molecule has 0 heterocycles. The Hall–Kier alpha value is -3.56. The summed E-state index contributed by atoms with van der Waals surface area (Å²) in [6, 6.07) is 20.9. The molecule has 41 heavy (non-hydrogen) atoms. The number of carbonyl (C=O) groups is 2. The third-order valence-corrected chi connectivity index (χ3v) is 9.36. The van der Waals surface area contributed by atoms with E-state index in [1.165, 1.54) is 30.2 Å². The molecule has 0 aromatic heterocycles. The Morgan fingerprint density at radius 1 is 0.976 bits per heavy atom. The van der Waals surface area contributed by atoms with Gasteiger partial charge in [0, 0.05) is 17.6 Å². The van der Waals surface area contributed by atoms with Gasteiger partial charge in [0.25, 0.3) is 10.0 Å². The molecule has 2 amide bonds. The number of carbonyl (C=O) groups excluding carboxylic acids is 2. The molecular weight excluding hydrogens is 562 g/mol. The van der Waals surface area contributed by atoms with Crippen LogP contribution in [0.4, 0.5) is 5.69 Å². The van der Waals surface area contributed by atoms with Crippen LogP contribution in [-0.4, -0.2) is 50.9 Å². The lowest BCUT2D eigenvalue weighted by molar-refractivity contribution is -0.139. The molecule has 0 aliphatic heterocycles. The van der Waals surface area contributed by atoms with E-state index in [0.29, 0.717) is 10.8 Å². The topological polar surface area (TPSA) is 96.0 Å². The maximum absolute atomic E-state index is 14.0. The predicted molar refractivity (Wildman–Crippen MR) is 160 cm³/mol. The number of halogens is 1. The van der Waals surface area contributed by atoms with Gasteiger partial charge >= 0.3 is 0 Å². The maximum atomic E-state index is 14.0. The number of hydrogen-bond acceptors (Lipinski definition) is 5. The van der Waals surface area contributed by atoms with Crippen LogP contribution in [0.25, 0.3) is 0 Å². The van der Waals surface area contributed by atoms with Gasteiger partial charge in [-0.25, -0.2) is 8.42 Å². The Morgan fingerprint density at radius 2 is 1.66 bits per heavy atom. The Morgan fingerprint density at radius 3 is 2.29 bits per heavy atom. The minimum atomic E-state index is -4.19. The minimum Gasteiger partial charge on any atom is -0.497 e. The molecule has 0 spiro atoms. The van der Waals surface area contributed by atoms with Crippen LogP contribution >= 0.6 is 11.6 Å². The summed E-state index contributed by atoms with van der Waals surface area (Å²) in [6.45, 7) is 1.30. The third-order valence-electron chi connectivity index (χ3n) is 7.34. The molecule has 0 unspecified atom stereocenters. The predicted octanol–water partition coefficient (Wildman–Crippen LogP) is 5.41. The molecule has 0 radical (unpaired) electrons. The second-order valence-corrected chi connectivity index (χ2v) is 12.5. The van der Waals surface area contributed by atoms with E-state index in [1.807, 2.05) is 30.3 Å². The van der Waals surface area contributed by atoms with Gasteiger partial charge in [0.05, 0.1) is 17.7 Å². The zero-order valence-electron chi connectivity index (χ0n) is 23.3. The van der Waals surface area contributed by atoms with Crippen molar-refractivity contribution in [2.75, 3.05) is 18.0 Å². The van der Waals surface area contributed by atoms with Crippen LogP contribution in [0.15, 0.2) is 83.8 Å². The van der Waals surface area contributed by atoms with Crippen LogP contribution in [0.3, 0.4) is 0 Å². The van der Waals surface area contributed by atoms with Gasteiger partial charge in [-0.2, -0.15) is 0 Å². The normalized spacial score (nSPS) is 14.6. The molecule has 1 N–H and O–H groups in total. The summed E-state index contributed by atoms with van der Waals surface area (Å²) in [7, 11) is -2.70. The average molecular weight is 598 g/mol. The number of hydrogen-bond donors (Lipinski definition) is 1. The third kappa shape index (κ3) is 7.80. The summed E-state index contributed by atoms with van der Waals surface area (Å²) in [4.78, 5) is 28.8. The number of nitrogens with one attached hydrogen (secondary N) is 1. The van der Waals surface area contributed by atoms with E-state index in [9.17, 15) is 18.0 Å². The lowest BCUT2D eigenvalue weighted by atomic mass is 9.95. The molecule has 1 fully saturated rings. The minimum absolute atomic E-state index is 0.0104. The fourth-order valence-electron chi connectivity index (χ4n) is 4.97. The fourth-order valence-corrected chi connectivity index (χ4v) is 6.56. The monoisotopic (exact) mass is 597 g/mol. The molecule has 1 saturated carbocycles. The van der Waals surface area contributed by atoms with Crippen LogP contribution in [0.2, 0.25) is 5.02 Å². The van der Waals surface area contributed by atoms with Gasteiger partial charge in [-0.3, -0.25) is 13.9 Å². The van der Waals surface area contributed by atoms with E-state index in [-0.39, 0.29) is 29.1 Å². The van der Waals surface area contributed by atoms with Gasteiger partial charge in [-0.15, -0.1) is 0 Å². The summed E-state index contributed by atoms with van der Waals surface area (Å²) in [6.07, 6.45) is 5.09. The molecule has 0 saturated heterocycles.